The van der Waals surface area contributed by atoms with E-state index in [0.29, 0.717) is 0 Å². The first-order chi connectivity index (χ1) is 6.54. The lowest BCUT2D eigenvalue weighted by atomic mass is 10.2. The molecule has 0 aliphatic carbocycles. The third-order valence-electron chi connectivity index (χ3n) is 1.49. The number of hydrogen-bond acceptors (Lipinski definition) is 4. The lowest BCUT2D eigenvalue weighted by molar-refractivity contribution is -0.137. The van der Waals surface area contributed by atoms with Crippen molar-refractivity contribution >= 4 is 12.2 Å². The summed E-state index contributed by atoms with van der Waals surface area (Å²) >= 11 is 0. The maximum Gasteiger partial charge on any atom is 0.341 e. The number of alkyl halides is 1. The summed E-state index contributed by atoms with van der Waals surface area (Å²) in [6, 6.07) is 0. The Kier molecular flexibility index (Phi) is 5.52. The molecule has 0 aliphatic heterocycles. The highest BCUT2D eigenvalue weighted by molar-refractivity contribution is 6.10. The van der Waals surface area contributed by atoms with Gasteiger partial charge >= 0.3 is 5.97 Å². The number of hydrogen-bond donors (Lipinski definition) is 1. The van der Waals surface area contributed by atoms with Gasteiger partial charge in [0.2, 0.25) is 0 Å². The predicted molar refractivity (Wildman–Crippen MR) is 52.8 cm³/mol. The Bertz CT molecular complexity index is 260. The minimum absolute atomic E-state index is 0.0237. The van der Waals surface area contributed by atoms with Crippen LogP contribution in [0.5, 0.6) is 0 Å². The molecule has 0 spiro atoms. The van der Waals surface area contributed by atoms with Gasteiger partial charge in [-0.2, -0.15) is 0 Å². The lowest BCUT2D eigenvalue weighted by Crippen LogP contribution is -2.20. The molecule has 5 heteroatoms. The van der Waals surface area contributed by atoms with Crippen molar-refractivity contribution in [1.29, 1.82) is 0 Å². The van der Waals surface area contributed by atoms with Gasteiger partial charge in [-0.25, -0.2) is 9.18 Å². The van der Waals surface area contributed by atoms with Crippen LogP contribution in [0.15, 0.2) is 16.3 Å². The SMILES string of the molecule is CCOC(=O)C(C=NC)=C(N)C(C)F. The predicted octanol–water partition coefficient (Wildman–Crippen LogP) is 0.821. The van der Waals surface area contributed by atoms with Crippen molar-refractivity contribution in [2.75, 3.05) is 13.7 Å². The van der Waals surface area contributed by atoms with Crippen molar-refractivity contribution in [3.05, 3.63) is 11.3 Å². The third kappa shape index (κ3) is 3.55. The van der Waals surface area contributed by atoms with Crippen LogP contribution in [0.4, 0.5) is 4.39 Å². The monoisotopic (exact) mass is 202 g/mol. The molecule has 80 valence electrons. The molecular formula is C9H15FN2O2. The number of nitrogens with zero attached hydrogens (tertiary/aromatic N) is 1. The van der Waals surface area contributed by atoms with Crippen molar-refractivity contribution < 1.29 is 13.9 Å². The van der Waals surface area contributed by atoms with Crippen molar-refractivity contribution in [1.82, 2.24) is 0 Å². The number of allylic oxidation sites excluding steroid dienone is 1. The largest absolute Gasteiger partial charge is 0.462 e. The molecule has 1 unspecified atom stereocenters. The van der Waals surface area contributed by atoms with Gasteiger partial charge in [-0.1, -0.05) is 0 Å². The van der Waals surface area contributed by atoms with Crippen LogP contribution in [-0.4, -0.2) is 32.0 Å². The average molecular weight is 202 g/mol. The fourth-order valence-electron chi connectivity index (χ4n) is 0.797. The summed E-state index contributed by atoms with van der Waals surface area (Å²) in [7, 11) is 1.47. The third-order valence-corrected chi connectivity index (χ3v) is 1.49. The molecule has 0 saturated heterocycles. The van der Waals surface area contributed by atoms with Crippen LogP contribution < -0.4 is 5.73 Å². The molecule has 1 atom stereocenters. The van der Waals surface area contributed by atoms with Crippen LogP contribution >= 0.6 is 0 Å². The molecule has 0 rings (SSSR count). The zero-order chi connectivity index (χ0) is 11.1. The number of esters is 1. The second-order valence-corrected chi connectivity index (χ2v) is 2.59. The van der Waals surface area contributed by atoms with Gasteiger partial charge in [0.25, 0.3) is 0 Å². The highest BCUT2D eigenvalue weighted by Gasteiger charge is 2.16. The normalized spacial score (nSPS) is 15.1. The quantitative estimate of drug-likeness (QED) is 0.417. The second kappa shape index (κ2) is 6.12. The van der Waals surface area contributed by atoms with Crippen LogP contribution in [0.2, 0.25) is 0 Å². The molecular weight excluding hydrogens is 187 g/mol. The number of ether oxygens (including phenoxy) is 1. The van der Waals surface area contributed by atoms with Gasteiger partial charge in [-0.15, -0.1) is 0 Å². The first-order valence-corrected chi connectivity index (χ1v) is 4.27. The lowest BCUT2D eigenvalue weighted by Gasteiger charge is -2.07. The van der Waals surface area contributed by atoms with Gasteiger partial charge in [-0.3, -0.25) is 4.99 Å². The zero-order valence-electron chi connectivity index (χ0n) is 8.58. The fourth-order valence-corrected chi connectivity index (χ4v) is 0.797. The molecule has 0 fully saturated rings. The summed E-state index contributed by atoms with van der Waals surface area (Å²) in [4.78, 5) is 14.9. The Balaban J connectivity index is 4.93. The molecule has 0 radical (unpaired) electrons. The topological polar surface area (TPSA) is 64.7 Å². The van der Waals surface area contributed by atoms with Crippen molar-refractivity contribution in [2.45, 2.75) is 20.0 Å². The maximum atomic E-state index is 12.8. The van der Waals surface area contributed by atoms with E-state index in [0.717, 1.165) is 0 Å². The Hall–Kier alpha value is -1.39. The molecule has 0 saturated carbocycles. The van der Waals surface area contributed by atoms with Gasteiger partial charge in [0.05, 0.1) is 17.9 Å². The van der Waals surface area contributed by atoms with E-state index in [9.17, 15) is 9.18 Å². The van der Waals surface area contributed by atoms with Crippen LogP contribution in [0.3, 0.4) is 0 Å². The molecule has 0 aromatic carbocycles. The summed E-state index contributed by atoms with van der Waals surface area (Å²) in [5, 5.41) is 0. The smallest absolute Gasteiger partial charge is 0.341 e. The summed E-state index contributed by atoms with van der Waals surface area (Å²) in [5.74, 6) is -0.653. The number of halogens is 1. The minimum atomic E-state index is -1.40. The number of rotatable bonds is 4. The van der Waals surface area contributed by atoms with E-state index in [-0.39, 0.29) is 17.9 Å². The van der Waals surface area contributed by atoms with E-state index in [1.54, 1.807) is 6.92 Å². The van der Waals surface area contributed by atoms with E-state index in [2.05, 4.69) is 4.99 Å². The van der Waals surface area contributed by atoms with E-state index >= 15 is 0 Å². The van der Waals surface area contributed by atoms with Crippen LogP contribution in [0.25, 0.3) is 0 Å². The summed E-state index contributed by atoms with van der Waals surface area (Å²) < 4.78 is 17.5. The Labute approximate surface area is 82.6 Å². The minimum Gasteiger partial charge on any atom is -0.462 e. The van der Waals surface area contributed by atoms with Crippen LogP contribution in [0.1, 0.15) is 13.8 Å². The summed E-state index contributed by atoms with van der Waals surface area (Å²) in [5.41, 5.74) is 5.21. The molecule has 0 aliphatic rings. The molecule has 0 aromatic rings. The molecule has 0 amide bonds. The number of aliphatic imine (C=N–C) groups is 1. The van der Waals surface area contributed by atoms with Gasteiger partial charge in [0, 0.05) is 13.3 Å². The highest BCUT2D eigenvalue weighted by atomic mass is 19.1. The van der Waals surface area contributed by atoms with Crippen LogP contribution in [-0.2, 0) is 9.53 Å². The standard InChI is InChI=1S/C9H15FN2O2/c1-4-14-9(13)7(5-12-3)8(11)6(2)10/h5-6H,4,11H2,1-3H3. The van der Waals surface area contributed by atoms with E-state index in [1.807, 2.05) is 0 Å². The first kappa shape index (κ1) is 12.6. The fraction of sp³-hybridized carbons (Fsp3) is 0.556. The molecule has 0 heterocycles. The molecule has 14 heavy (non-hydrogen) atoms. The summed E-state index contributed by atoms with van der Waals surface area (Å²) in [6.07, 6.45) is -0.198. The second-order valence-electron chi connectivity index (χ2n) is 2.59. The molecule has 0 bridgehead atoms. The average Bonchev–Trinajstić information content (AvgIpc) is 2.13. The number of carbonyl (C=O) groups excluding carboxylic acids is 1. The van der Waals surface area contributed by atoms with E-state index in [4.69, 9.17) is 10.5 Å². The molecule has 2 N–H and O–H groups in total. The van der Waals surface area contributed by atoms with E-state index in [1.165, 1.54) is 20.2 Å². The van der Waals surface area contributed by atoms with Gasteiger partial charge in [0.1, 0.15) is 6.17 Å². The molecule has 4 nitrogen and oxygen atoms in total. The van der Waals surface area contributed by atoms with Crippen molar-refractivity contribution in [2.24, 2.45) is 10.7 Å². The summed E-state index contributed by atoms with van der Waals surface area (Å²) in [6.45, 7) is 3.12. The highest BCUT2D eigenvalue weighted by Crippen LogP contribution is 2.07. The Morgan fingerprint density at radius 2 is 2.29 bits per heavy atom. The van der Waals surface area contributed by atoms with Crippen molar-refractivity contribution in [3.8, 4) is 0 Å². The van der Waals surface area contributed by atoms with Crippen molar-refractivity contribution in [3.63, 3.8) is 0 Å². The first-order valence-electron chi connectivity index (χ1n) is 4.27. The Morgan fingerprint density at radius 1 is 1.71 bits per heavy atom. The van der Waals surface area contributed by atoms with E-state index < -0.39 is 12.1 Å². The zero-order valence-corrected chi connectivity index (χ0v) is 8.58. The number of carbonyl (C=O) groups is 1. The van der Waals surface area contributed by atoms with Gasteiger partial charge in [0.15, 0.2) is 0 Å². The Morgan fingerprint density at radius 3 is 2.64 bits per heavy atom. The maximum absolute atomic E-state index is 12.8. The molecule has 0 aromatic heterocycles. The van der Waals surface area contributed by atoms with Gasteiger partial charge < -0.3 is 10.5 Å². The van der Waals surface area contributed by atoms with Crippen LogP contribution in [0, 0.1) is 0 Å². The number of nitrogens with two attached hydrogens (primary N) is 1. The van der Waals surface area contributed by atoms with Gasteiger partial charge in [-0.05, 0) is 13.8 Å².